The molecule has 1 heterocycles. The van der Waals surface area contributed by atoms with E-state index in [4.69, 9.17) is 20.9 Å². The van der Waals surface area contributed by atoms with Crippen molar-refractivity contribution >= 4 is 17.3 Å². The quantitative estimate of drug-likeness (QED) is 0.522. The van der Waals surface area contributed by atoms with Gasteiger partial charge in [0.2, 0.25) is 5.82 Å². The third kappa shape index (κ3) is 4.42. The first kappa shape index (κ1) is 19.2. The maximum atomic E-state index is 6.31. The number of anilines is 1. The first-order chi connectivity index (χ1) is 13.0. The Morgan fingerprint density at radius 2 is 1.70 bits per heavy atom. The van der Waals surface area contributed by atoms with Crippen molar-refractivity contribution in [3.05, 3.63) is 47.5 Å². The topological polar surface area (TPSA) is 51.4 Å². The normalized spacial score (nSPS) is 11.0. The lowest BCUT2D eigenvalue weighted by Crippen LogP contribution is -2.21. The molecule has 2 aromatic carbocycles. The van der Waals surface area contributed by atoms with Gasteiger partial charge in [0.15, 0.2) is 0 Å². The third-order valence-electron chi connectivity index (χ3n) is 4.22. The first-order valence-corrected chi connectivity index (χ1v) is 9.55. The second-order valence-corrected chi connectivity index (χ2v) is 6.86. The molecule has 3 rings (SSSR count). The molecule has 6 heteroatoms. The van der Waals surface area contributed by atoms with Crippen LogP contribution >= 0.6 is 11.6 Å². The molecule has 1 aromatic heterocycles. The minimum absolute atomic E-state index is 0.0597. The molecule has 3 aromatic rings. The number of nitrogens with zero attached hydrogens (tertiary/aromatic N) is 3. The zero-order valence-electron chi connectivity index (χ0n) is 16.1. The molecule has 0 unspecified atom stereocenters. The molecular formula is C21H24ClN3O2. The van der Waals surface area contributed by atoms with Gasteiger partial charge in [-0.1, -0.05) is 16.8 Å². The number of hydrogen-bond donors (Lipinski definition) is 0. The summed E-state index contributed by atoms with van der Waals surface area (Å²) >= 11 is 6.31. The number of aromatic nitrogens is 2. The number of rotatable bonds is 7. The van der Waals surface area contributed by atoms with E-state index >= 15 is 0 Å². The molecule has 0 bridgehead atoms. The summed E-state index contributed by atoms with van der Waals surface area (Å²) in [7, 11) is 0. The molecule has 27 heavy (non-hydrogen) atoms. The van der Waals surface area contributed by atoms with Crippen molar-refractivity contribution in [1.82, 2.24) is 10.1 Å². The Morgan fingerprint density at radius 3 is 2.30 bits per heavy atom. The molecule has 0 saturated carbocycles. The summed E-state index contributed by atoms with van der Waals surface area (Å²) in [5, 5.41) is 4.61. The van der Waals surface area contributed by atoms with E-state index < -0.39 is 0 Å². The van der Waals surface area contributed by atoms with Gasteiger partial charge in [0.25, 0.3) is 5.89 Å². The Bertz CT molecular complexity index is 887. The Balaban J connectivity index is 1.81. The van der Waals surface area contributed by atoms with Crippen LogP contribution in [0.5, 0.6) is 5.75 Å². The largest absolute Gasteiger partial charge is 0.489 e. The lowest BCUT2D eigenvalue weighted by molar-refractivity contribution is 0.242. The van der Waals surface area contributed by atoms with Crippen LogP contribution in [0.1, 0.15) is 27.7 Å². The Labute approximate surface area is 164 Å². The Kier molecular flexibility index (Phi) is 6.01. The molecule has 0 amide bonds. The van der Waals surface area contributed by atoms with Gasteiger partial charge in [-0.25, -0.2) is 0 Å². The Hall–Kier alpha value is -2.53. The average Bonchev–Trinajstić information content (AvgIpc) is 3.15. The molecule has 142 valence electrons. The molecule has 0 aliphatic rings. The highest BCUT2D eigenvalue weighted by molar-refractivity contribution is 6.32. The summed E-state index contributed by atoms with van der Waals surface area (Å²) in [4.78, 5) is 6.79. The molecule has 0 saturated heterocycles. The maximum Gasteiger partial charge on any atom is 0.258 e. The van der Waals surface area contributed by atoms with Crippen LogP contribution in [0.25, 0.3) is 22.8 Å². The highest BCUT2D eigenvalue weighted by Gasteiger charge is 2.13. The van der Waals surface area contributed by atoms with Gasteiger partial charge in [-0.15, -0.1) is 0 Å². The highest BCUT2D eigenvalue weighted by Crippen LogP contribution is 2.31. The standard InChI is InChI=1S/C21H24ClN3O2/c1-5-25(6-2)17-10-7-15(8-11-17)21-23-20(24-27-21)16-9-12-19(18(22)13-16)26-14(3)4/h7-14H,5-6H2,1-4H3. The zero-order chi connectivity index (χ0) is 19.4. The third-order valence-corrected chi connectivity index (χ3v) is 4.52. The summed E-state index contributed by atoms with van der Waals surface area (Å²) in [6.45, 7) is 10.1. The van der Waals surface area contributed by atoms with Gasteiger partial charge in [-0.3, -0.25) is 0 Å². The van der Waals surface area contributed by atoms with E-state index in [0.717, 1.165) is 24.2 Å². The Morgan fingerprint density at radius 1 is 1.04 bits per heavy atom. The second-order valence-electron chi connectivity index (χ2n) is 6.45. The predicted molar refractivity (Wildman–Crippen MR) is 110 cm³/mol. The lowest BCUT2D eigenvalue weighted by atomic mass is 10.2. The molecule has 0 aliphatic carbocycles. The van der Waals surface area contributed by atoms with E-state index in [0.29, 0.717) is 22.5 Å². The number of halogens is 1. The van der Waals surface area contributed by atoms with E-state index in [1.54, 1.807) is 6.07 Å². The van der Waals surface area contributed by atoms with Crippen molar-refractivity contribution in [2.75, 3.05) is 18.0 Å². The minimum atomic E-state index is 0.0597. The predicted octanol–water partition coefficient (Wildman–Crippen LogP) is 5.69. The number of hydrogen-bond acceptors (Lipinski definition) is 5. The molecular weight excluding hydrogens is 362 g/mol. The van der Waals surface area contributed by atoms with Crippen molar-refractivity contribution < 1.29 is 9.26 Å². The van der Waals surface area contributed by atoms with Gasteiger partial charge in [0.05, 0.1) is 11.1 Å². The lowest BCUT2D eigenvalue weighted by Gasteiger charge is -2.20. The van der Waals surface area contributed by atoms with Gasteiger partial charge in [-0.05, 0) is 70.2 Å². The van der Waals surface area contributed by atoms with Crippen molar-refractivity contribution in [3.8, 4) is 28.6 Å². The fourth-order valence-corrected chi connectivity index (χ4v) is 3.08. The van der Waals surface area contributed by atoms with Crippen LogP contribution in [-0.4, -0.2) is 29.3 Å². The van der Waals surface area contributed by atoms with E-state index in [1.165, 1.54) is 5.69 Å². The smallest absolute Gasteiger partial charge is 0.258 e. The molecule has 0 aliphatic heterocycles. The van der Waals surface area contributed by atoms with E-state index in [2.05, 4.69) is 41.0 Å². The summed E-state index contributed by atoms with van der Waals surface area (Å²) < 4.78 is 11.1. The molecule has 0 atom stereocenters. The maximum absolute atomic E-state index is 6.31. The number of benzene rings is 2. The van der Waals surface area contributed by atoms with Crippen molar-refractivity contribution in [2.24, 2.45) is 0 Å². The van der Waals surface area contributed by atoms with Crippen molar-refractivity contribution in [1.29, 1.82) is 0 Å². The van der Waals surface area contributed by atoms with E-state index in [9.17, 15) is 0 Å². The fourth-order valence-electron chi connectivity index (χ4n) is 2.85. The second kappa shape index (κ2) is 8.44. The van der Waals surface area contributed by atoms with Crippen LogP contribution in [0.4, 0.5) is 5.69 Å². The zero-order valence-corrected chi connectivity index (χ0v) is 16.8. The monoisotopic (exact) mass is 385 g/mol. The first-order valence-electron chi connectivity index (χ1n) is 9.17. The van der Waals surface area contributed by atoms with Crippen molar-refractivity contribution in [3.63, 3.8) is 0 Å². The van der Waals surface area contributed by atoms with Crippen LogP contribution in [0.3, 0.4) is 0 Å². The molecule has 0 spiro atoms. The summed E-state index contributed by atoms with van der Waals surface area (Å²) in [5.41, 5.74) is 2.84. The summed E-state index contributed by atoms with van der Waals surface area (Å²) in [5.74, 6) is 1.62. The fraction of sp³-hybridized carbons (Fsp3) is 0.333. The van der Waals surface area contributed by atoms with Crippen LogP contribution in [0.15, 0.2) is 47.0 Å². The van der Waals surface area contributed by atoms with Gasteiger partial charge >= 0.3 is 0 Å². The van der Waals surface area contributed by atoms with Crippen molar-refractivity contribution in [2.45, 2.75) is 33.8 Å². The minimum Gasteiger partial charge on any atom is -0.489 e. The molecule has 5 nitrogen and oxygen atoms in total. The average molecular weight is 386 g/mol. The molecule has 0 radical (unpaired) electrons. The van der Waals surface area contributed by atoms with Crippen LogP contribution in [0.2, 0.25) is 5.02 Å². The van der Waals surface area contributed by atoms with Crippen LogP contribution in [0, 0.1) is 0 Å². The van der Waals surface area contributed by atoms with Crippen LogP contribution in [-0.2, 0) is 0 Å². The summed E-state index contributed by atoms with van der Waals surface area (Å²) in [6.07, 6.45) is 0.0597. The highest BCUT2D eigenvalue weighted by atomic mass is 35.5. The SMILES string of the molecule is CCN(CC)c1ccc(-c2nc(-c3ccc(OC(C)C)c(Cl)c3)no2)cc1. The molecule has 0 fully saturated rings. The van der Waals surface area contributed by atoms with E-state index in [1.807, 2.05) is 38.1 Å². The van der Waals surface area contributed by atoms with Crippen LogP contribution < -0.4 is 9.64 Å². The van der Waals surface area contributed by atoms with Gasteiger partial charge in [0, 0.05) is 29.9 Å². The van der Waals surface area contributed by atoms with Gasteiger partial charge < -0.3 is 14.2 Å². The van der Waals surface area contributed by atoms with Gasteiger partial charge in [-0.2, -0.15) is 4.98 Å². The summed E-state index contributed by atoms with van der Waals surface area (Å²) in [6, 6.07) is 13.6. The number of ether oxygens (including phenoxy) is 1. The van der Waals surface area contributed by atoms with E-state index in [-0.39, 0.29) is 6.10 Å². The molecule has 0 N–H and O–H groups in total. The van der Waals surface area contributed by atoms with Gasteiger partial charge in [0.1, 0.15) is 5.75 Å².